The average Bonchev–Trinajstić information content (AvgIpc) is 2.91. The molecule has 1 heterocycles. The summed E-state index contributed by atoms with van der Waals surface area (Å²) >= 11 is 9.64. The summed E-state index contributed by atoms with van der Waals surface area (Å²) in [5, 5.41) is 8.55. The molecular formula is C17H14BrClN4O2S. The van der Waals surface area contributed by atoms with Crippen molar-refractivity contribution in [2.45, 2.75) is 11.8 Å². The molecule has 6 nitrogen and oxygen atoms in total. The molecule has 9 heteroatoms. The Morgan fingerprint density at radius 3 is 2.46 bits per heavy atom. The molecule has 2 aromatic carbocycles. The van der Waals surface area contributed by atoms with Gasteiger partial charge in [-0.15, -0.1) is 0 Å². The Hall–Kier alpha value is -2.16. The lowest BCUT2D eigenvalue weighted by atomic mass is 10.3. The first-order valence-electron chi connectivity index (χ1n) is 7.49. The van der Waals surface area contributed by atoms with Gasteiger partial charge in [0.2, 0.25) is 0 Å². The molecule has 1 aromatic heterocycles. The van der Waals surface area contributed by atoms with E-state index in [1.807, 2.05) is 30.3 Å². The zero-order valence-corrected chi connectivity index (χ0v) is 16.8. The molecule has 26 heavy (non-hydrogen) atoms. The highest BCUT2D eigenvalue weighted by molar-refractivity contribution is 9.10. The van der Waals surface area contributed by atoms with Crippen LogP contribution in [0.1, 0.15) is 11.3 Å². The Kier molecular flexibility index (Phi) is 5.45. The maximum absolute atomic E-state index is 12.2. The van der Waals surface area contributed by atoms with Crippen molar-refractivity contribution in [3.8, 4) is 5.69 Å². The van der Waals surface area contributed by atoms with Gasteiger partial charge < -0.3 is 0 Å². The molecule has 0 unspecified atom stereocenters. The van der Waals surface area contributed by atoms with Crippen molar-refractivity contribution in [1.29, 1.82) is 0 Å². The Bertz CT molecular complexity index is 1050. The van der Waals surface area contributed by atoms with Gasteiger partial charge >= 0.3 is 0 Å². The molecule has 0 saturated heterocycles. The summed E-state index contributed by atoms with van der Waals surface area (Å²) in [5.41, 5.74) is 1.97. The van der Waals surface area contributed by atoms with Gasteiger partial charge in [-0.3, -0.25) is 0 Å². The third kappa shape index (κ3) is 3.98. The zero-order chi connectivity index (χ0) is 18.7. The van der Waals surface area contributed by atoms with E-state index >= 15 is 0 Å². The highest BCUT2D eigenvalue weighted by Crippen LogP contribution is 2.22. The number of hydrogen-bond donors (Lipinski definition) is 1. The number of aromatic nitrogens is 2. The van der Waals surface area contributed by atoms with Gasteiger partial charge in [-0.1, -0.05) is 45.7 Å². The van der Waals surface area contributed by atoms with Crippen LogP contribution in [-0.4, -0.2) is 24.4 Å². The van der Waals surface area contributed by atoms with Crippen LogP contribution in [0.15, 0.2) is 69.1 Å². The summed E-state index contributed by atoms with van der Waals surface area (Å²) in [6.45, 7) is 1.77. The van der Waals surface area contributed by atoms with Crippen LogP contribution >= 0.6 is 27.5 Å². The second-order valence-electron chi connectivity index (χ2n) is 5.34. The van der Waals surface area contributed by atoms with Crippen LogP contribution in [0.25, 0.3) is 5.69 Å². The predicted octanol–water partition coefficient (Wildman–Crippen LogP) is 3.91. The third-order valence-electron chi connectivity index (χ3n) is 3.54. The van der Waals surface area contributed by atoms with Gasteiger partial charge in [0.05, 0.1) is 28.1 Å². The van der Waals surface area contributed by atoms with E-state index in [1.165, 1.54) is 18.3 Å². The standard InChI is InChI=1S/C17H14BrClN4O2S/c1-12-16(17(19)23(21-12)14-5-3-2-4-6-14)11-20-22-26(24,25)15-9-7-13(18)8-10-15/h2-11,22H,1H3. The molecule has 0 bridgehead atoms. The van der Waals surface area contributed by atoms with Gasteiger partial charge in [-0.25, -0.2) is 9.51 Å². The lowest BCUT2D eigenvalue weighted by Gasteiger charge is -2.03. The van der Waals surface area contributed by atoms with Crippen LogP contribution in [0.5, 0.6) is 0 Å². The fourth-order valence-electron chi connectivity index (χ4n) is 2.22. The van der Waals surface area contributed by atoms with Crippen LogP contribution in [0.3, 0.4) is 0 Å². The van der Waals surface area contributed by atoms with E-state index in [-0.39, 0.29) is 4.90 Å². The van der Waals surface area contributed by atoms with Crippen LogP contribution in [0.4, 0.5) is 0 Å². The summed E-state index contributed by atoms with van der Waals surface area (Å²) in [7, 11) is -3.76. The van der Waals surface area contributed by atoms with Crippen molar-refractivity contribution >= 4 is 43.8 Å². The molecule has 0 radical (unpaired) electrons. The van der Waals surface area contributed by atoms with Gasteiger partial charge in [0.15, 0.2) is 0 Å². The monoisotopic (exact) mass is 452 g/mol. The fourth-order valence-corrected chi connectivity index (χ4v) is 3.60. The Morgan fingerprint density at radius 2 is 1.81 bits per heavy atom. The molecule has 3 rings (SSSR count). The van der Waals surface area contributed by atoms with Crippen molar-refractivity contribution in [2.75, 3.05) is 0 Å². The van der Waals surface area contributed by atoms with Gasteiger partial charge in [-0.2, -0.15) is 18.6 Å². The van der Waals surface area contributed by atoms with E-state index in [2.05, 4.69) is 31.0 Å². The molecule has 0 saturated carbocycles. The van der Waals surface area contributed by atoms with Crippen LogP contribution in [-0.2, 0) is 10.0 Å². The Balaban J connectivity index is 1.83. The normalized spacial score (nSPS) is 11.8. The number of aryl methyl sites for hydroxylation is 1. The molecule has 0 aliphatic carbocycles. The minimum Gasteiger partial charge on any atom is -0.221 e. The van der Waals surface area contributed by atoms with Crippen molar-refractivity contribution in [3.63, 3.8) is 0 Å². The molecule has 0 aliphatic rings. The minimum atomic E-state index is -3.76. The van der Waals surface area contributed by atoms with Gasteiger partial charge in [-0.05, 0) is 43.3 Å². The largest absolute Gasteiger partial charge is 0.276 e. The van der Waals surface area contributed by atoms with Crippen LogP contribution < -0.4 is 4.83 Å². The number of halogens is 2. The third-order valence-corrected chi connectivity index (χ3v) is 5.67. The molecule has 3 aromatic rings. The summed E-state index contributed by atoms with van der Waals surface area (Å²) in [6.07, 6.45) is 1.35. The molecule has 1 N–H and O–H groups in total. The van der Waals surface area contributed by atoms with Crippen molar-refractivity contribution in [1.82, 2.24) is 14.6 Å². The van der Waals surface area contributed by atoms with Gasteiger partial charge in [0, 0.05) is 4.47 Å². The number of hydrazone groups is 1. The van der Waals surface area contributed by atoms with Gasteiger partial charge in [0.25, 0.3) is 10.0 Å². The summed E-state index contributed by atoms with van der Waals surface area (Å²) in [4.78, 5) is 2.29. The quantitative estimate of drug-likeness (QED) is 0.470. The second-order valence-corrected chi connectivity index (χ2v) is 8.28. The number of benzene rings is 2. The zero-order valence-electron chi connectivity index (χ0n) is 13.6. The second kappa shape index (κ2) is 7.61. The van der Waals surface area contributed by atoms with Crippen LogP contribution in [0.2, 0.25) is 5.15 Å². The number of hydrogen-bond acceptors (Lipinski definition) is 4. The fraction of sp³-hybridized carbons (Fsp3) is 0.0588. The maximum atomic E-state index is 12.2. The van der Waals surface area contributed by atoms with Crippen molar-refractivity contribution in [3.05, 3.63) is 75.5 Å². The van der Waals surface area contributed by atoms with E-state index in [9.17, 15) is 8.42 Å². The first-order chi connectivity index (χ1) is 12.4. The Labute approximate surface area is 164 Å². The maximum Gasteiger partial charge on any atom is 0.276 e. The number of rotatable bonds is 5. The number of nitrogens with one attached hydrogen (secondary N) is 1. The lowest BCUT2D eigenvalue weighted by molar-refractivity contribution is 0.584. The summed E-state index contributed by atoms with van der Waals surface area (Å²) < 4.78 is 26.8. The first kappa shape index (κ1) is 18.6. The lowest BCUT2D eigenvalue weighted by Crippen LogP contribution is -2.18. The van der Waals surface area contributed by atoms with Gasteiger partial charge in [0.1, 0.15) is 5.15 Å². The smallest absolute Gasteiger partial charge is 0.221 e. The van der Waals surface area contributed by atoms with Crippen molar-refractivity contribution in [2.24, 2.45) is 5.10 Å². The van der Waals surface area contributed by atoms with Crippen molar-refractivity contribution < 1.29 is 8.42 Å². The average molecular weight is 454 g/mol. The highest BCUT2D eigenvalue weighted by atomic mass is 79.9. The van der Waals surface area contributed by atoms with Crippen LogP contribution in [0, 0.1) is 6.92 Å². The summed E-state index contributed by atoms with van der Waals surface area (Å²) in [6, 6.07) is 15.6. The minimum absolute atomic E-state index is 0.112. The van der Waals surface area contributed by atoms with E-state index in [4.69, 9.17) is 11.6 Å². The molecule has 0 amide bonds. The van der Waals surface area contributed by atoms with E-state index < -0.39 is 10.0 Å². The molecule has 0 fully saturated rings. The number of nitrogens with zero attached hydrogens (tertiary/aromatic N) is 3. The molecule has 134 valence electrons. The SMILES string of the molecule is Cc1nn(-c2ccccc2)c(Cl)c1C=NNS(=O)(=O)c1ccc(Br)cc1. The summed E-state index contributed by atoms with van der Waals surface area (Å²) in [5.74, 6) is 0. The predicted molar refractivity (Wildman–Crippen MR) is 105 cm³/mol. The molecule has 0 spiro atoms. The highest BCUT2D eigenvalue weighted by Gasteiger charge is 2.15. The van der Waals surface area contributed by atoms with E-state index in [0.29, 0.717) is 16.4 Å². The molecule has 0 atom stereocenters. The molecular weight excluding hydrogens is 440 g/mol. The first-order valence-corrected chi connectivity index (χ1v) is 10.1. The number of sulfonamides is 1. The van der Waals surface area contributed by atoms with E-state index in [1.54, 1.807) is 23.7 Å². The number of para-hydroxylation sites is 1. The van der Waals surface area contributed by atoms with E-state index in [0.717, 1.165) is 10.2 Å². The molecule has 0 aliphatic heterocycles. The Morgan fingerprint density at radius 1 is 1.15 bits per heavy atom. The topological polar surface area (TPSA) is 76.3 Å².